The molecule has 0 atom stereocenters. The molecule has 1 aliphatic carbocycles. The summed E-state index contributed by atoms with van der Waals surface area (Å²) in [6.45, 7) is 1.32. The van der Waals surface area contributed by atoms with Gasteiger partial charge in [-0.05, 0) is 73.9 Å². The van der Waals surface area contributed by atoms with Gasteiger partial charge in [0.05, 0.1) is 22.2 Å². The molecular formula is C33H39ClN3O6S4+. The van der Waals surface area contributed by atoms with E-state index in [0.29, 0.717) is 38.8 Å². The molecule has 2 N–H and O–H groups in total. The Kier molecular flexibility index (Phi) is 12.4. The van der Waals surface area contributed by atoms with Crippen LogP contribution in [0.1, 0.15) is 50.0 Å². The van der Waals surface area contributed by atoms with Gasteiger partial charge in [0.1, 0.15) is 4.70 Å². The topological polar surface area (TPSA) is 117 Å². The van der Waals surface area contributed by atoms with Crippen LogP contribution in [0.2, 0.25) is 0 Å². The third-order valence-electron chi connectivity index (χ3n) is 7.85. The number of fused-ring (bicyclic) bond motifs is 2. The van der Waals surface area contributed by atoms with E-state index < -0.39 is 20.2 Å². The van der Waals surface area contributed by atoms with Gasteiger partial charge in [-0.25, -0.2) is 0 Å². The van der Waals surface area contributed by atoms with Crippen LogP contribution in [0.3, 0.4) is 0 Å². The highest BCUT2D eigenvalue weighted by Gasteiger charge is 2.25. The Hall–Kier alpha value is -2.49. The molecular weight excluding hydrogens is 698 g/mol. The van der Waals surface area contributed by atoms with Crippen molar-refractivity contribution in [2.75, 3.05) is 30.0 Å². The summed E-state index contributed by atoms with van der Waals surface area (Å²) in [7, 11) is -6.14. The van der Waals surface area contributed by atoms with Crippen LogP contribution in [0.4, 0.5) is 5.69 Å². The zero-order valence-corrected chi connectivity index (χ0v) is 30.1. The Morgan fingerprint density at radius 2 is 1.74 bits per heavy atom. The molecule has 2 aromatic carbocycles. The van der Waals surface area contributed by atoms with Crippen molar-refractivity contribution in [3.63, 3.8) is 0 Å². The fraction of sp³-hybridized carbons (Fsp3) is 0.364. The number of allylic oxidation sites excluding steroid dienone is 6. The van der Waals surface area contributed by atoms with Crippen molar-refractivity contribution in [2.45, 2.75) is 56.4 Å². The van der Waals surface area contributed by atoms with Crippen LogP contribution in [0.15, 0.2) is 92.9 Å². The SMILES string of the molecule is CNOS(=O)(=O)CCCC[n+]1c(C=CC2=C(Cl)C(=CC=C3Sc4ccccc4N3CCCCS(=O)(=O)O)CCC2)sc2ccccc21. The lowest BCUT2D eigenvalue weighted by Gasteiger charge is -2.20. The van der Waals surface area contributed by atoms with Gasteiger partial charge in [-0.15, -0.1) is 0 Å². The average Bonchev–Trinajstić information content (AvgIpc) is 3.57. The van der Waals surface area contributed by atoms with Crippen molar-refractivity contribution in [1.29, 1.82) is 0 Å². The summed E-state index contributed by atoms with van der Waals surface area (Å²) in [6, 6.07) is 16.4. The number of benzene rings is 2. The van der Waals surface area contributed by atoms with Crippen molar-refractivity contribution in [1.82, 2.24) is 5.48 Å². The van der Waals surface area contributed by atoms with E-state index in [0.717, 1.165) is 66.3 Å². The number of thioether (sulfide) groups is 1. The van der Waals surface area contributed by atoms with E-state index in [4.69, 9.17) is 16.2 Å². The maximum Gasteiger partial charge on any atom is 0.283 e. The van der Waals surface area contributed by atoms with Crippen LogP contribution < -0.4 is 14.9 Å². The Morgan fingerprint density at radius 3 is 2.55 bits per heavy atom. The highest BCUT2D eigenvalue weighted by atomic mass is 35.5. The smallest absolute Gasteiger partial charge is 0.283 e. The van der Waals surface area contributed by atoms with Gasteiger partial charge < -0.3 is 4.90 Å². The number of anilines is 1. The molecule has 0 amide bonds. The molecule has 0 saturated carbocycles. The molecule has 3 aromatic rings. The molecule has 0 spiro atoms. The van der Waals surface area contributed by atoms with Crippen LogP contribution in [0.25, 0.3) is 16.3 Å². The van der Waals surface area contributed by atoms with Gasteiger partial charge in [0.25, 0.3) is 25.2 Å². The third kappa shape index (κ3) is 9.79. The van der Waals surface area contributed by atoms with Gasteiger partial charge in [0, 0.05) is 42.1 Å². The Bertz CT molecular complexity index is 1930. The second-order valence-electron chi connectivity index (χ2n) is 11.3. The number of nitrogens with one attached hydrogen (secondary N) is 1. The number of unbranched alkanes of at least 4 members (excludes halogenated alkanes) is 2. The fourth-order valence-corrected chi connectivity index (χ4v) is 9.60. The van der Waals surface area contributed by atoms with Crippen molar-refractivity contribution in [3.05, 3.63) is 93.0 Å². The van der Waals surface area contributed by atoms with Crippen LogP contribution in [0.5, 0.6) is 0 Å². The Labute approximate surface area is 290 Å². The number of halogens is 1. The van der Waals surface area contributed by atoms with Crippen molar-refractivity contribution in [2.24, 2.45) is 0 Å². The highest BCUT2D eigenvalue weighted by molar-refractivity contribution is 8.03. The number of hydroxylamine groups is 1. The molecule has 9 nitrogen and oxygen atoms in total. The molecule has 14 heteroatoms. The summed E-state index contributed by atoms with van der Waals surface area (Å²) in [6.07, 6.45) is 13.3. The van der Waals surface area contributed by atoms with Crippen molar-refractivity contribution >= 4 is 76.9 Å². The third-order valence-corrected chi connectivity index (χ3v) is 12.6. The number of rotatable bonds is 15. The number of aromatic nitrogens is 1. The molecule has 1 aromatic heterocycles. The van der Waals surface area contributed by atoms with Gasteiger partial charge in [-0.2, -0.15) is 31.2 Å². The number of hydrogen-bond donors (Lipinski definition) is 2. The molecule has 5 rings (SSSR count). The quantitative estimate of drug-likeness (QED) is 0.0724. The standard InChI is InChI=1S/C33H38ClN3O6S4/c1-35-43-47(41,42)24-9-7-22-37-28-14-3-5-16-30(28)45-32(37)20-18-26-12-10-11-25(33(26)34)17-19-31-36(21-6-8-23-46(38,39)40)27-13-2-4-15-29(27)44-31/h2-5,13-20,35H,6-12,21-24H2,1H3/p+1. The molecule has 0 bridgehead atoms. The number of nitrogens with zero attached hydrogens (tertiary/aromatic N) is 2. The van der Waals surface area contributed by atoms with Crippen LogP contribution in [-0.4, -0.2) is 46.5 Å². The second kappa shape index (κ2) is 16.3. The lowest BCUT2D eigenvalue weighted by molar-refractivity contribution is -0.669. The largest absolute Gasteiger partial charge is 0.335 e. The summed E-state index contributed by atoms with van der Waals surface area (Å²) in [5.41, 5.74) is 6.59. The molecule has 252 valence electrons. The monoisotopic (exact) mass is 736 g/mol. The van der Waals surface area contributed by atoms with Crippen LogP contribution in [-0.2, 0) is 31.1 Å². The number of aryl methyl sites for hydroxylation is 1. The van der Waals surface area contributed by atoms with E-state index >= 15 is 0 Å². The average molecular weight is 737 g/mol. The Balaban J connectivity index is 1.33. The maximum absolute atomic E-state index is 11.9. The molecule has 1 aliphatic heterocycles. The molecule has 2 aliphatic rings. The molecule has 0 fully saturated rings. The van der Waals surface area contributed by atoms with E-state index in [-0.39, 0.29) is 11.5 Å². The minimum atomic E-state index is -3.97. The second-order valence-corrected chi connectivity index (χ2v) is 17.0. The first-order valence-corrected chi connectivity index (χ1v) is 20.7. The summed E-state index contributed by atoms with van der Waals surface area (Å²) in [5, 5.41) is 2.88. The minimum absolute atomic E-state index is 0.0498. The summed E-state index contributed by atoms with van der Waals surface area (Å²) in [4.78, 5) is 3.34. The van der Waals surface area contributed by atoms with E-state index in [1.807, 2.05) is 24.3 Å². The van der Waals surface area contributed by atoms with E-state index in [2.05, 4.69) is 67.8 Å². The number of hydrogen-bond acceptors (Lipinski definition) is 9. The van der Waals surface area contributed by atoms with E-state index in [1.165, 1.54) is 7.05 Å². The first kappa shape index (κ1) is 35.8. The normalized spacial score (nSPS) is 17.6. The van der Waals surface area contributed by atoms with Crippen molar-refractivity contribution < 1.29 is 30.2 Å². The van der Waals surface area contributed by atoms with E-state index in [9.17, 15) is 16.8 Å². The Morgan fingerprint density at radius 1 is 0.979 bits per heavy atom. The van der Waals surface area contributed by atoms with Gasteiger partial charge in [-0.1, -0.05) is 71.1 Å². The minimum Gasteiger partial charge on any atom is -0.335 e. The zero-order valence-electron chi connectivity index (χ0n) is 26.1. The predicted octanol–water partition coefficient (Wildman–Crippen LogP) is 7.19. The molecule has 0 unspecified atom stereocenters. The fourth-order valence-electron chi connectivity index (χ4n) is 5.64. The molecule has 47 heavy (non-hydrogen) atoms. The number of thiazole rings is 1. The first-order valence-electron chi connectivity index (χ1n) is 15.5. The van der Waals surface area contributed by atoms with Crippen LogP contribution >= 0.6 is 34.7 Å². The van der Waals surface area contributed by atoms with Gasteiger partial charge in [-0.3, -0.25) is 4.55 Å². The molecule has 2 heterocycles. The lowest BCUT2D eigenvalue weighted by Crippen LogP contribution is -2.35. The summed E-state index contributed by atoms with van der Waals surface area (Å²) >= 11 is 10.4. The first-order chi connectivity index (χ1) is 22.5. The van der Waals surface area contributed by atoms with Gasteiger partial charge in [0.15, 0.2) is 6.54 Å². The van der Waals surface area contributed by atoms with Gasteiger partial charge in [0.2, 0.25) is 5.52 Å². The lowest BCUT2D eigenvalue weighted by atomic mass is 9.94. The van der Waals surface area contributed by atoms with Crippen LogP contribution in [0, 0.1) is 0 Å². The number of para-hydroxylation sites is 2. The predicted molar refractivity (Wildman–Crippen MR) is 192 cm³/mol. The van der Waals surface area contributed by atoms with E-state index in [1.54, 1.807) is 23.1 Å². The molecule has 0 radical (unpaired) electrons. The zero-order chi connectivity index (χ0) is 33.4. The highest BCUT2D eigenvalue weighted by Crippen LogP contribution is 2.46. The molecule has 0 saturated heterocycles. The summed E-state index contributed by atoms with van der Waals surface area (Å²) in [5.74, 6) is -0.292. The summed E-state index contributed by atoms with van der Waals surface area (Å²) < 4.78 is 63.4. The maximum atomic E-state index is 11.9. The van der Waals surface area contributed by atoms with Crippen molar-refractivity contribution in [3.8, 4) is 0 Å². The van der Waals surface area contributed by atoms with Gasteiger partial charge >= 0.3 is 0 Å².